The highest BCUT2D eigenvalue weighted by Crippen LogP contribution is 2.32. The van der Waals surface area contributed by atoms with Crippen molar-refractivity contribution >= 4 is 23.3 Å². The number of fused-ring (bicyclic) bond motifs is 1. The largest absolute Gasteiger partial charge is 0.365 e. The number of aromatic nitrogens is 3. The van der Waals surface area contributed by atoms with Crippen LogP contribution in [0.1, 0.15) is 25.0 Å². The van der Waals surface area contributed by atoms with E-state index in [0.717, 1.165) is 5.69 Å². The molecule has 2 atom stereocenters. The molecule has 0 radical (unpaired) electrons. The fourth-order valence-corrected chi connectivity index (χ4v) is 3.22. The molecule has 0 spiro atoms. The van der Waals surface area contributed by atoms with E-state index in [-0.39, 0.29) is 13.1 Å². The molecule has 0 aliphatic carbocycles. The summed E-state index contributed by atoms with van der Waals surface area (Å²) in [6, 6.07) is 1.26. The van der Waals surface area contributed by atoms with E-state index in [1.165, 1.54) is 0 Å². The van der Waals surface area contributed by atoms with Gasteiger partial charge in [-0.25, -0.2) is 18.7 Å². The Morgan fingerprint density at radius 1 is 1.42 bits per heavy atom. The van der Waals surface area contributed by atoms with Gasteiger partial charge in [0.05, 0.1) is 23.8 Å². The van der Waals surface area contributed by atoms with Crippen molar-refractivity contribution in [1.29, 1.82) is 0 Å². The molecule has 2 saturated heterocycles. The average molecular weight is 332 g/mol. The minimum absolute atomic E-state index is 0.179. The highest BCUT2D eigenvalue weighted by atomic mass is 19.1. The number of hydrogen-bond acceptors (Lipinski definition) is 5. The maximum Gasteiger partial charge on any atom is 0.321 e. The molecule has 126 valence electrons. The lowest BCUT2D eigenvalue weighted by atomic mass is 10.0. The normalized spacial score (nSPS) is 27.4. The van der Waals surface area contributed by atoms with Gasteiger partial charge in [0.1, 0.15) is 5.67 Å². The van der Waals surface area contributed by atoms with Gasteiger partial charge in [-0.1, -0.05) is 0 Å². The third kappa shape index (κ3) is 2.45. The molecule has 0 saturated carbocycles. The first-order chi connectivity index (χ1) is 11.4. The van der Waals surface area contributed by atoms with Gasteiger partial charge in [0, 0.05) is 31.9 Å². The maximum absolute atomic E-state index is 14.2. The third-order valence-corrected chi connectivity index (χ3v) is 4.50. The molecule has 4 heterocycles. The van der Waals surface area contributed by atoms with Crippen LogP contribution in [-0.4, -0.2) is 51.8 Å². The van der Waals surface area contributed by atoms with Crippen LogP contribution in [0.15, 0.2) is 18.5 Å². The van der Waals surface area contributed by atoms with Crippen molar-refractivity contribution in [3.05, 3.63) is 24.2 Å². The van der Waals surface area contributed by atoms with E-state index in [1.54, 1.807) is 29.9 Å². The molecule has 24 heavy (non-hydrogen) atoms. The van der Waals surface area contributed by atoms with Crippen molar-refractivity contribution in [3.63, 3.8) is 0 Å². The molecule has 3 amide bonds. The molecular weight excluding hydrogens is 315 g/mol. The predicted molar refractivity (Wildman–Crippen MR) is 83.6 cm³/mol. The Labute approximate surface area is 137 Å². The fraction of sp³-hybridized carbons (Fsp3) is 0.467. The second kappa shape index (κ2) is 5.15. The molecule has 2 fully saturated rings. The summed E-state index contributed by atoms with van der Waals surface area (Å²) in [6.45, 7) is 2.61. The first-order valence-electron chi connectivity index (χ1n) is 7.80. The minimum Gasteiger partial charge on any atom is -0.365 e. The van der Waals surface area contributed by atoms with Crippen molar-refractivity contribution in [2.75, 3.05) is 24.5 Å². The number of hydrogen-bond donors (Lipinski definition) is 2. The predicted octanol–water partition coefficient (Wildman–Crippen LogP) is 0.591. The zero-order valence-electron chi connectivity index (χ0n) is 13.1. The topological polar surface area (TPSA) is 91.6 Å². The lowest BCUT2D eigenvalue weighted by molar-refractivity contribution is -0.122. The Hall–Kier alpha value is -2.71. The van der Waals surface area contributed by atoms with Crippen molar-refractivity contribution in [2.45, 2.75) is 24.9 Å². The van der Waals surface area contributed by atoms with Crippen LogP contribution in [0.4, 0.5) is 14.9 Å². The first kappa shape index (κ1) is 14.9. The summed E-state index contributed by atoms with van der Waals surface area (Å²) in [5, 5.41) is 9.26. The van der Waals surface area contributed by atoms with E-state index in [0.29, 0.717) is 24.3 Å². The maximum atomic E-state index is 14.2. The number of imidazole rings is 1. The van der Waals surface area contributed by atoms with E-state index in [9.17, 15) is 14.0 Å². The second-order valence-corrected chi connectivity index (χ2v) is 6.49. The van der Waals surface area contributed by atoms with E-state index in [4.69, 9.17) is 0 Å². The van der Waals surface area contributed by atoms with Crippen molar-refractivity contribution in [1.82, 2.24) is 25.2 Å². The summed E-state index contributed by atoms with van der Waals surface area (Å²) in [5.74, 6) is -0.985. The van der Waals surface area contributed by atoms with E-state index >= 15 is 0 Å². The molecular formula is C15H17FN6O2. The molecule has 0 bridgehead atoms. The monoisotopic (exact) mass is 332 g/mol. The third-order valence-electron chi connectivity index (χ3n) is 4.50. The second-order valence-electron chi connectivity index (χ2n) is 6.49. The highest BCUT2D eigenvalue weighted by Gasteiger charge is 2.36. The molecule has 1 unspecified atom stereocenters. The molecule has 2 N–H and O–H groups in total. The summed E-state index contributed by atoms with van der Waals surface area (Å²) >= 11 is 0. The van der Waals surface area contributed by atoms with Crippen molar-refractivity contribution < 1.29 is 14.0 Å². The summed E-state index contributed by atoms with van der Waals surface area (Å²) in [4.78, 5) is 29.6. The first-order valence-corrected chi connectivity index (χ1v) is 7.80. The number of carbonyl (C=O) groups is 2. The molecule has 0 aromatic carbocycles. The van der Waals surface area contributed by atoms with Gasteiger partial charge in [-0.15, -0.1) is 0 Å². The standard InChI is InChI=1S/C15H17FN6O2/c1-15(16)2-4-21(8-15)11-6-10(20-22-5-3-17-12(11)22)9-7-18-14(24)19-13(9)23/h3,5-6,9H,2,4,7-8H2,1H3,(H2,18,19,23,24)/t9?,15-/m1/s1. The van der Waals surface area contributed by atoms with Gasteiger partial charge in [0.15, 0.2) is 5.65 Å². The van der Waals surface area contributed by atoms with E-state index < -0.39 is 23.5 Å². The summed E-state index contributed by atoms with van der Waals surface area (Å²) < 4.78 is 15.8. The lowest BCUT2D eigenvalue weighted by Crippen LogP contribution is -2.51. The van der Waals surface area contributed by atoms with Gasteiger partial charge in [-0.2, -0.15) is 5.10 Å². The number of carbonyl (C=O) groups excluding carboxylic acids is 2. The summed E-state index contributed by atoms with van der Waals surface area (Å²) in [6.07, 6.45) is 3.74. The van der Waals surface area contributed by atoms with Gasteiger partial charge in [-0.05, 0) is 13.0 Å². The quantitative estimate of drug-likeness (QED) is 0.840. The van der Waals surface area contributed by atoms with Gasteiger partial charge in [-0.3, -0.25) is 10.1 Å². The Morgan fingerprint density at radius 3 is 2.96 bits per heavy atom. The van der Waals surface area contributed by atoms with Crippen LogP contribution in [0.5, 0.6) is 0 Å². The highest BCUT2D eigenvalue weighted by molar-refractivity contribution is 6.00. The van der Waals surface area contributed by atoms with E-state index in [1.807, 2.05) is 4.90 Å². The Bertz CT molecular complexity index is 832. The van der Waals surface area contributed by atoms with Crippen LogP contribution in [0.3, 0.4) is 0 Å². The molecule has 2 aliphatic heterocycles. The van der Waals surface area contributed by atoms with Crippen molar-refractivity contribution in [2.24, 2.45) is 0 Å². The lowest BCUT2D eigenvalue weighted by Gasteiger charge is -2.24. The van der Waals surface area contributed by atoms with Crippen LogP contribution in [0.2, 0.25) is 0 Å². The zero-order chi connectivity index (χ0) is 16.9. The Morgan fingerprint density at radius 2 is 2.25 bits per heavy atom. The number of amides is 3. The Kier molecular flexibility index (Phi) is 3.19. The van der Waals surface area contributed by atoms with Crippen LogP contribution in [0, 0.1) is 0 Å². The van der Waals surface area contributed by atoms with Gasteiger partial charge in [0.2, 0.25) is 5.91 Å². The number of alkyl halides is 1. The number of nitrogens with one attached hydrogen (secondary N) is 2. The smallest absolute Gasteiger partial charge is 0.321 e. The van der Waals surface area contributed by atoms with Crippen molar-refractivity contribution in [3.8, 4) is 0 Å². The van der Waals surface area contributed by atoms with Crippen LogP contribution < -0.4 is 15.5 Å². The average Bonchev–Trinajstić information content (AvgIpc) is 3.12. The molecule has 8 nitrogen and oxygen atoms in total. The van der Waals surface area contributed by atoms with Crippen LogP contribution in [-0.2, 0) is 4.79 Å². The van der Waals surface area contributed by atoms with Crippen LogP contribution in [0.25, 0.3) is 5.65 Å². The van der Waals surface area contributed by atoms with Crippen LogP contribution >= 0.6 is 0 Å². The fourth-order valence-electron chi connectivity index (χ4n) is 3.22. The van der Waals surface area contributed by atoms with E-state index in [2.05, 4.69) is 20.7 Å². The van der Waals surface area contributed by atoms with Gasteiger partial charge < -0.3 is 10.2 Å². The number of anilines is 1. The minimum atomic E-state index is -1.25. The SMILES string of the molecule is C[C@@]1(F)CCN(c2cc(C3CNC(=O)NC3=O)nn3ccnc23)C1. The number of halogens is 1. The summed E-state index contributed by atoms with van der Waals surface area (Å²) in [7, 11) is 0. The number of nitrogens with zero attached hydrogens (tertiary/aromatic N) is 4. The number of urea groups is 1. The zero-order valence-corrected chi connectivity index (χ0v) is 13.1. The summed E-state index contributed by atoms with van der Waals surface area (Å²) in [5.41, 5.74) is 0.636. The number of rotatable bonds is 2. The molecule has 2 aliphatic rings. The molecule has 9 heteroatoms. The molecule has 4 rings (SSSR count). The molecule has 2 aromatic rings. The number of imide groups is 1. The van der Waals surface area contributed by atoms with Gasteiger partial charge >= 0.3 is 6.03 Å². The van der Waals surface area contributed by atoms with Gasteiger partial charge in [0.25, 0.3) is 0 Å². The Balaban J connectivity index is 1.75. The molecule has 2 aromatic heterocycles.